The third kappa shape index (κ3) is 5.23. The summed E-state index contributed by atoms with van der Waals surface area (Å²) < 4.78 is 0. The minimum atomic E-state index is 0.209. The quantitative estimate of drug-likeness (QED) is 0.704. The van der Waals surface area contributed by atoms with Gasteiger partial charge in [-0.05, 0) is 40.6 Å². The van der Waals surface area contributed by atoms with Crippen molar-refractivity contribution in [2.45, 2.75) is 38.8 Å². The molecule has 0 amide bonds. The first kappa shape index (κ1) is 14.3. The van der Waals surface area contributed by atoms with Crippen LogP contribution in [0.15, 0.2) is 0 Å². The summed E-state index contributed by atoms with van der Waals surface area (Å²) in [7, 11) is 4.26. The molecule has 0 aliphatic carbocycles. The predicted octanol–water partition coefficient (Wildman–Crippen LogP) is 2.06. The fourth-order valence-electron chi connectivity index (χ4n) is 1.58. The van der Waals surface area contributed by atoms with Crippen LogP contribution in [-0.2, 0) is 0 Å². The molecule has 0 aromatic carbocycles. The van der Waals surface area contributed by atoms with Crippen molar-refractivity contribution in [3.05, 3.63) is 0 Å². The Bertz CT molecular complexity index is 148. The highest BCUT2D eigenvalue weighted by Crippen LogP contribution is 2.12. The van der Waals surface area contributed by atoms with Gasteiger partial charge in [-0.3, -0.25) is 0 Å². The highest BCUT2D eigenvalue weighted by atomic mass is 32.2. The average molecular weight is 218 g/mol. The molecule has 0 aromatic rings. The van der Waals surface area contributed by atoms with E-state index in [1.165, 1.54) is 12.2 Å². The Hall–Kier alpha value is 0.270. The molecule has 0 aliphatic rings. The molecule has 86 valence electrons. The Labute approximate surface area is 93.8 Å². The van der Waals surface area contributed by atoms with Gasteiger partial charge in [0.1, 0.15) is 0 Å². The van der Waals surface area contributed by atoms with E-state index in [0.717, 1.165) is 6.54 Å². The van der Waals surface area contributed by atoms with Crippen LogP contribution in [-0.4, -0.2) is 49.1 Å². The van der Waals surface area contributed by atoms with Gasteiger partial charge in [0.05, 0.1) is 0 Å². The summed E-state index contributed by atoms with van der Waals surface area (Å²) in [6, 6.07) is 0.706. The van der Waals surface area contributed by atoms with Gasteiger partial charge < -0.3 is 10.2 Å². The fourth-order valence-corrected chi connectivity index (χ4v) is 2.46. The molecule has 0 spiro atoms. The van der Waals surface area contributed by atoms with Crippen molar-refractivity contribution in [2.24, 2.45) is 0 Å². The molecule has 0 fully saturated rings. The minimum absolute atomic E-state index is 0.209. The van der Waals surface area contributed by atoms with E-state index in [4.69, 9.17) is 0 Å². The van der Waals surface area contributed by atoms with Gasteiger partial charge >= 0.3 is 0 Å². The van der Waals surface area contributed by atoms with Crippen LogP contribution >= 0.6 is 11.8 Å². The monoisotopic (exact) mass is 218 g/mol. The zero-order chi connectivity index (χ0) is 11.2. The number of likely N-dealkylation sites (N-methyl/N-ethyl adjacent to an activating group) is 2. The third-order valence-corrected chi connectivity index (χ3v) is 3.49. The lowest BCUT2D eigenvalue weighted by Crippen LogP contribution is -2.49. The zero-order valence-corrected chi connectivity index (χ0v) is 11.4. The molecule has 1 N–H and O–H groups in total. The van der Waals surface area contributed by atoms with Crippen molar-refractivity contribution in [2.75, 3.05) is 32.6 Å². The van der Waals surface area contributed by atoms with Crippen molar-refractivity contribution in [1.82, 2.24) is 10.2 Å². The van der Waals surface area contributed by atoms with Crippen molar-refractivity contribution < 1.29 is 0 Å². The fraction of sp³-hybridized carbons (Fsp3) is 1.00. The number of nitrogens with zero attached hydrogens (tertiary/aromatic N) is 1. The maximum absolute atomic E-state index is 3.34. The van der Waals surface area contributed by atoms with Gasteiger partial charge in [-0.2, -0.15) is 11.8 Å². The van der Waals surface area contributed by atoms with Crippen molar-refractivity contribution in [3.63, 3.8) is 0 Å². The highest BCUT2D eigenvalue weighted by molar-refractivity contribution is 7.98. The van der Waals surface area contributed by atoms with Crippen LogP contribution in [0.2, 0.25) is 0 Å². The number of hydrogen-bond donors (Lipinski definition) is 1. The maximum Gasteiger partial charge on any atom is 0.0249 e. The first-order valence-electron chi connectivity index (χ1n) is 5.35. The summed E-state index contributed by atoms with van der Waals surface area (Å²) in [5.41, 5.74) is 0.209. The van der Waals surface area contributed by atoms with Crippen LogP contribution in [0.4, 0.5) is 0 Å². The molecule has 0 heterocycles. The van der Waals surface area contributed by atoms with E-state index >= 15 is 0 Å². The van der Waals surface area contributed by atoms with Crippen LogP contribution in [0.5, 0.6) is 0 Å². The third-order valence-electron chi connectivity index (χ3n) is 2.78. The van der Waals surface area contributed by atoms with E-state index in [2.05, 4.69) is 44.3 Å². The molecule has 14 heavy (non-hydrogen) atoms. The molecule has 0 saturated heterocycles. The topological polar surface area (TPSA) is 15.3 Å². The van der Waals surface area contributed by atoms with Crippen LogP contribution in [0.1, 0.15) is 27.2 Å². The van der Waals surface area contributed by atoms with E-state index in [9.17, 15) is 0 Å². The molecule has 1 atom stereocenters. The van der Waals surface area contributed by atoms with E-state index < -0.39 is 0 Å². The molecule has 3 heteroatoms. The van der Waals surface area contributed by atoms with Crippen LogP contribution in [0.3, 0.4) is 0 Å². The van der Waals surface area contributed by atoms with E-state index in [0.29, 0.717) is 6.04 Å². The van der Waals surface area contributed by atoms with E-state index in [-0.39, 0.29) is 5.54 Å². The van der Waals surface area contributed by atoms with Gasteiger partial charge in [0.2, 0.25) is 0 Å². The smallest absolute Gasteiger partial charge is 0.0249 e. The molecule has 0 radical (unpaired) electrons. The van der Waals surface area contributed by atoms with Gasteiger partial charge in [0.15, 0.2) is 0 Å². The highest BCUT2D eigenvalue weighted by Gasteiger charge is 2.21. The van der Waals surface area contributed by atoms with Gasteiger partial charge in [0, 0.05) is 23.9 Å². The van der Waals surface area contributed by atoms with Crippen LogP contribution < -0.4 is 5.32 Å². The van der Waals surface area contributed by atoms with Crippen molar-refractivity contribution in [1.29, 1.82) is 0 Å². The second-order valence-corrected chi connectivity index (χ2v) is 5.48. The zero-order valence-electron chi connectivity index (χ0n) is 10.6. The molecule has 1 unspecified atom stereocenters. The number of hydrogen-bond acceptors (Lipinski definition) is 3. The lowest BCUT2D eigenvalue weighted by molar-refractivity contribution is 0.195. The maximum atomic E-state index is 3.34. The van der Waals surface area contributed by atoms with Crippen LogP contribution in [0, 0.1) is 0 Å². The molecule has 0 bridgehead atoms. The number of rotatable bonds is 7. The first-order chi connectivity index (χ1) is 6.46. The summed E-state index contributed by atoms with van der Waals surface area (Å²) in [6.07, 6.45) is 3.41. The van der Waals surface area contributed by atoms with E-state index in [1.54, 1.807) is 0 Å². The van der Waals surface area contributed by atoms with E-state index in [1.807, 2.05) is 18.8 Å². The van der Waals surface area contributed by atoms with Crippen molar-refractivity contribution in [3.8, 4) is 0 Å². The number of thioether (sulfide) groups is 1. The Kier molecular flexibility index (Phi) is 6.83. The van der Waals surface area contributed by atoms with Crippen LogP contribution in [0.25, 0.3) is 0 Å². The molecule has 0 rings (SSSR count). The second kappa shape index (κ2) is 6.70. The molecular formula is C11H26N2S. The standard InChI is InChI=1S/C11H26N2S/c1-7-10(8-14-6)13(5)9-11(2,3)12-4/h10,12H,7-9H2,1-6H3. The van der Waals surface area contributed by atoms with Crippen molar-refractivity contribution >= 4 is 11.8 Å². The molecule has 0 saturated carbocycles. The van der Waals surface area contributed by atoms with Gasteiger partial charge in [-0.25, -0.2) is 0 Å². The largest absolute Gasteiger partial charge is 0.314 e. The second-order valence-electron chi connectivity index (χ2n) is 4.57. The Morgan fingerprint density at radius 3 is 2.36 bits per heavy atom. The summed E-state index contributed by atoms with van der Waals surface area (Å²) in [5, 5.41) is 3.34. The predicted molar refractivity (Wildman–Crippen MR) is 68.2 cm³/mol. The Morgan fingerprint density at radius 2 is 2.00 bits per heavy atom. The normalized spacial score (nSPS) is 14.8. The Balaban J connectivity index is 4.09. The summed E-state index contributed by atoms with van der Waals surface area (Å²) in [5.74, 6) is 1.23. The average Bonchev–Trinajstić information content (AvgIpc) is 2.13. The van der Waals surface area contributed by atoms with Gasteiger partial charge in [-0.15, -0.1) is 0 Å². The summed E-state index contributed by atoms with van der Waals surface area (Å²) >= 11 is 1.93. The molecule has 2 nitrogen and oxygen atoms in total. The summed E-state index contributed by atoms with van der Waals surface area (Å²) in [6.45, 7) is 7.86. The molecule has 0 aromatic heterocycles. The SMILES string of the molecule is CCC(CSC)N(C)CC(C)(C)NC. The Morgan fingerprint density at radius 1 is 1.43 bits per heavy atom. The first-order valence-corrected chi connectivity index (χ1v) is 6.74. The molecule has 0 aliphatic heterocycles. The van der Waals surface area contributed by atoms with Gasteiger partial charge in [-0.1, -0.05) is 6.92 Å². The lowest BCUT2D eigenvalue weighted by atomic mass is 10.0. The lowest BCUT2D eigenvalue weighted by Gasteiger charge is -2.34. The number of nitrogens with one attached hydrogen (secondary N) is 1. The van der Waals surface area contributed by atoms with Gasteiger partial charge in [0.25, 0.3) is 0 Å². The minimum Gasteiger partial charge on any atom is -0.314 e. The molecular weight excluding hydrogens is 192 g/mol. The summed E-state index contributed by atoms with van der Waals surface area (Å²) in [4.78, 5) is 2.47.